The topological polar surface area (TPSA) is 101 Å². The van der Waals surface area contributed by atoms with Gasteiger partial charge >= 0.3 is 18.3 Å². The maximum Gasteiger partial charge on any atom is 0.416 e. The van der Waals surface area contributed by atoms with E-state index in [1.807, 2.05) is 4.90 Å². The second-order valence-electron chi connectivity index (χ2n) is 9.62. The third-order valence-corrected chi connectivity index (χ3v) is 6.18. The minimum atomic E-state index is -4.59. The lowest BCUT2D eigenvalue weighted by molar-refractivity contribution is -0.138. The number of amides is 3. The fourth-order valence-corrected chi connectivity index (χ4v) is 4.09. The van der Waals surface area contributed by atoms with E-state index in [0.29, 0.717) is 30.5 Å². The first-order valence-electron chi connectivity index (χ1n) is 11.4. The Morgan fingerprint density at radius 2 is 1.81 bits per heavy atom. The molecular weight excluding hydrogens is 545 g/mol. The second-order valence-corrected chi connectivity index (χ2v) is 10.4. The van der Waals surface area contributed by atoms with Gasteiger partial charge < -0.3 is 15.4 Å². The van der Waals surface area contributed by atoms with Gasteiger partial charge in [-0.25, -0.2) is 9.59 Å². The largest absolute Gasteiger partial charge is 0.444 e. The molecule has 1 fully saturated rings. The van der Waals surface area contributed by atoms with Crippen molar-refractivity contribution in [3.05, 3.63) is 40.0 Å². The van der Waals surface area contributed by atoms with Crippen LogP contribution in [0, 0.1) is 0 Å². The molecule has 3 N–H and O–H groups in total. The van der Waals surface area contributed by atoms with E-state index in [1.165, 1.54) is 16.8 Å². The molecular formula is C23H30BrF3N6O3. The van der Waals surface area contributed by atoms with E-state index in [-0.39, 0.29) is 29.7 Å². The van der Waals surface area contributed by atoms with Crippen LogP contribution in [-0.2, 0) is 24.5 Å². The summed E-state index contributed by atoms with van der Waals surface area (Å²) in [5, 5.41) is 11.8. The number of rotatable bonds is 5. The molecule has 0 bridgehead atoms. The van der Waals surface area contributed by atoms with Crippen LogP contribution < -0.4 is 16.0 Å². The van der Waals surface area contributed by atoms with E-state index < -0.39 is 29.5 Å². The van der Waals surface area contributed by atoms with Crippen LogP contribution in [0.1, 0.15) is 44.7 Å². The SMILES string of the molecule is Cn1nc(NC(=O)Nc2ccc(CN3CCC(NC(=O)OC(C)(C)C)CC3)c(C(F)(F)F)c2)cc1Br. The molecule has 2 heterocycles. The van der Waals surface area contributed by atoms with Crippen molar-refractivity contribution in [1.82, 2.24) is 20.0 Å². The lowest BCUT2D eigenvalue weighted by Crippen LogP contribution is -2.46. The number of aromatic nitrogens is 2. The van der Waals surface area contributed by atoms with E-state index in [4.69, 9.17) is 4.74 Å². The lowest BCUT2D eigenvalue weighted by Gasteiger charge is -2.33. The van der Waals surface area contributed by atoms with Gasteiger partial charge in [-0.2, -0.15) is 18.3 Å². The van der Waals surface area contributed by atoms with E-state index >= 15 is 0 Å². The third kappa shape index (κ3) is 8.12. The lowest BCUT2D eigenvalue weighted by atomic mass is 10.0. The van der Waals surface area contributed by atoms with Crippen molar-refractivity contribution < 1.29 is 27.5 Å². The number of nitrogens with zero attached hydrogens (tertiary/aromatic N) is 3. The molecule has 1 aliphatic rings. The molecule has 0 atom stereocenters. The molecule has 0 unspecified atom stereocenters. The van der Waals surface area contributed by atoms with Gasteiger partial charge in [0.15, 0.2) is 5.82 Å². The first-order valence-corrected chi connectivity index (χ1v) is 12.2. The number of benzene rings is 1. The zero-order valence-corrected chi connectivity index (χ0v) is 22.1. The van der Waals surface area contributed by atoms with Gasteiger partial charge in [0, 0.05) is 44.5 Å². The molecule has 1 aromatic carbocycles. The molecule has 13 heteroatoms. The summed E-state index contributed by atoms with van der Waals surface area (Å²) in [6.07, 6.45) is -3.89. The number of alkyl carbamates (subject to hydrolysis) is 1. The Morgan fingerprint density at radius 3 is 2.36 bits per heavy atom. The monoisotopic (exact) mass is 574 g/mol. The average Bonchev–Trinajstić information content (AvgIpc) is 3.05. The summed E-state index contributed by atoms with van der Waals surface area (Å²) < 4.78 is 48.9. The van der Waals surface area contributed by atoms with Gasteiger partial charge in [0.05, 0.1) is 5.56 Å². The average molecular weight is 575 g/mol. The number of carbonyl (C=O) groups is 2. The first kappa shape index (κ1) is 27.8. The Balaban J connectivity index is 1.60. The van der Waals surface area contributed by atoms with Crippen LogP contribution in [-0.4, -0.2) is 51.5 Å². The van der Waals surface area contributed by atoms with E-state index in [1.54, 1.807) is 33.9 Å². The van der Waals surface area contributed by atoms with Gasteiger partial charge in [-0.15, -0.1) is 0 Å². The highest BCUT2D eigenvalue weighted by Gasteiger charge is 2.34. The quantitative estimate of drug-likeness (QED) is 0.448. The number of hydrogen-bond acceptors (Lipinski definition) is 5. The standard InChI is InChI=1S/C23H30BrF3N6O3/c1-22(2,3)36-21(35)29-15-7-9-33(10-8-15)13-14-5-6-16(11-17(14)23(25,26)27)28-20(34)30-19-12-18(24)32(4)31-19/h5-6,11-12,15H,7-10,13H2,1-4H3,(H,29,35)(H2,28,30,31,34). The molecule has 0 saturated carbocycles. The Hall–Kier alpha value is -2.80. The number of likely N-dealkylation sites (tertiary alicyclic amines) is 1. The van der Waals surface area contributed by atoms with Gasteiger partial charge in [-0.3, -0.25) is 14.9 Å². The van der Waals surface area contributed by atoms with Gasteiger partial charge in [0.25, 0.3) is 0 Å². The van der Waals surface area contributed by atoms with Gasteiger partial charge in [0.1, 0.15) is 10.2 Å². The first-order chi connectivity index (χ1) is 16.7. The number of piperidine rings is 1. The van der Waals surface area contributed by atoms with Gasteiger partial charge in [-0.05, 0) is 67.2 Å². The molecule has 1 aliphatic heterocycles. The molecule has 3 rings (SSSR count). The highest BCUT2D eigenvalue weighted by molar-refractivity contribution is 9.10. The maximum atomic E-state index is 13.8. The third-order valence-electron chi connectivity index (χ3n) is 5.44. The van der Waals surface area contributed by atoms with E-state index in [0.717, 1.165) is 6.07 Å². The van der Waals surface area contributed by atoms with Crippen molar-refractivity contribution in [2.24, 2.45) is 7.05 Å². The highest BCUT2D eigenvalue weighted by atomic mass is 79.9. The molecule has 198 valence electrons. The van der Waals surface area contributed by atoms with E-state index in [2.05, 4.69) is 37.0 Å². The summed E-state index contributed by atoms with van der Waals surface area (Å²) in [5.41, 5.74) is -1.29. The van der Waals surface area contributed by atoms with Crippen LogP contribution in [0.5, 0.6) is 0 Å². The Bertz CT molecular complexity index is 1070. The Labute approximate surface area is 215 Å². The highest BCUT2D eigenvalue weighted by Crippen LogP contribution is 2.35. The summed E-state index contributed by atoms with van der Waals surface area (Å²) in [4.78, 5) is 26.1. The predicted octanol–water partition coefficient (Wildman–Crippen LogP) is 5.33. The van der Waals surface area contributed by atoms with Crippen LogP contribution in [0.2, 0.25) is 0 Å². The number of nitrogens with one attached hydrogen (secondary N) is 3. The Kier molecular flexibility index (Phi) is 8.55. The summed E-state index contributed by atoms with van der Waals surface area (Å²) >= 11 is 3.25. The summed E-state index contributed by atoms with van der Waals surface area (Å²) in [5.74, 6) is 0.249. The zero-order valence-electron chi connectivity index (χ0n) is 20.5. The number of alkyl halides is 3. The number of ether oxygens (including phenoxy) is 1. The predicted molar refractivity (Wildman–Crippen MR) is 133 cm³/mol. The molecule has 0 radical (unpaired) electrons. The van der Waals surface area contributed by atoms with Crippen molar-refractivity contribution in [3.8, 4) is 0 Å². The van der Waals surface area contributed by atoms with Gasteiger partial charge in [0.2, 0.25) is 0 Å². The summed E-state index contributed by atoms with van der Waals surface area (Å²) in [6.45, 7) is 6.49. The molecule has 36 heavy (non-hydrogen) atoms. The fourth-order valence-electron chi connectivity index (χ4n) is 3.79. The van der Waals surface area contributed by atoms with Crippen molar-refractivity contribution in [1.29, 1.82) is 0 Å². The number of aryl methyl sites for hydroxylation is 1. The minimum Gasteiger partial charge on any atom is -0.444 e. The molecule has 2 aromatic rings. The van der Waals surface area contributed by atoms with Crippen LogP contribution in [0.4, 0.5) is 34.3 Å². The zero-order chi connectivity index (χ0) is 26.7. The van der Waals surface area contributed by atoms with Crippen molar-refractivity contribution in [2.75, 3.05) is 23.7 Å². The normalized spacial score (nSPS) is 15.4. The Morgan fingerprint density at radius 1 is 1.14 bits per heavy atom. The molecule has 1 aromatic heterocycles. The molecule has 0 aliphatic carbocycles. The number of anilines is 2. The molecule has 0 spiro atoms. The molecule has 3 amide bonds. The number of halogens is 4. The maximum absolute atomic E-state index is 13.8. The molecule has 9 nitrogen and oxygen atoms in total. The number of urea groups is 1. The second kappa shape index (κ2) is 11.1. The summed E-state index contributed by atoms with van der Waals surface area (Å²) in [6, 6.07) is 4.51. The summed E-state index contributed by atoms with van der Waals surface area (Å²) in [7, 11) is 1.67. The van der Waals surface area contributed by atoms with Crippen LogP contribution in [0.15, 0.2) is 28.9 Å². The fraction of sp³-hybridized carbons (Fsp3) is 0.522. The van der Waals surface area contributed by atoms with Crippen molar-refractivity contribution in [2.45, 2.75) is 58.0 Å². The van der Waals surface area contributed by atoms with Crippen molar-refractivity contribution >= 4 is 39.6 Å². The minimum absolute atomic E-state index is 0.0128. The smallest absolute Gasteiger partial charge is 0.416 e. The van der Waals surface area contributed by atoms with Crippen molar-refractivity contribution in [3.63, 3.8) is 0 Å². The van der Waals surface area contributed by atoms with E-state index in [9.17, 15) is 22.8 Å². The molecule has 1 saturated heterocycles. The number of carbonyl (C=O) groups excluding carboxylic acids is 2. The van der Waals surface area contributed by atoms with Crippen LogP contribution in [0.3, 0.4) is 0 Å². The van der Waals surface area contributed by atoms with Crippen LogP contribution in [0.25, 0.3) is 0 Å². The van der Waals surface area contributed by atoms with Gasteiger partial charge in [-0.1, -0.05) is 6.07 Å². The number of hydrogen-bond donors (Lipinski definition) is 3. The van der Waals surface area contributed by atoms with Crippen LogP contribution >= 0.6 is 15.9 Å².